The van der Waals surface area contributed by atoms with Crippen molar-refractivity contribution in [3.05, 3.63) is 0 Å². The lowest BCUT2D eigenvalue weighted by atomic mass is 10.1. The van der Waals surface area contributed by atoms with Gasteiger partial charge in [0.2, 0.25) is 0 Å². The van der Waals surface area contributed by atoms with E-state index in [0.29, 0.717) is 79.3 Å². The molecule has 0 aromatic carbocycles. The molecule has 0 saturated heterocycles. The van der Waals surface area contributed by atoms with Crippen LogP contribution in [0.15, 0.2) is 0 Å². The second kappa shape index (κ2) is 30.2. The second-order valence-corrected chi connectivity index (χ2v) is 10.5. The molecule has 0 bridgehead atoms. The minimum atomic E-state index is -0.499. The van der Waals surface area contributed by atoms with Crippen molar-refractivity contribution in [3.63, 3.8) is 0 Å². The maximum atomic E-state index is 11.5. The Labute approximate surface area is 238 Å². The molecular weight excluding hydrogens is 504 g/mol. The van der Waals surface area contributed by atoms with Gasteiger partial charge in [-0.25, -0.2) is 4.79 Å². The van der Waals surface area contributed by atoms with Crippen LogP contribution in [0.3, 0.4) is 0 Å². The number of ether oxygens (including phenoxy) is 8. The number of hydrogen-bond donors (Lipinski definition) is 0. The number of unbranched alkanes of at least 4 members (excludes halogenated alkanes) is 9. The van der Waals surface area contributed by atoms with E-state index in [1.54, 1.807) is 0 Å². The molecule has 0 rings (SSSR count). The molecule has 0 aliphatic heterocycles. The fourth-order valence-corrected chi connectivity index (χ4v) is 3.54. The third-order valence-corrected chi connectivity index (χ3v) is 5.51. The lowest BCUT2D eigenvalue weighted by molar-refractivity contribution is -0.160. The van der Waals surface area contributed by atoms with E-state index in [0.717, 1.165) is 13.0 Å². The summed E-state index contributed by atoms with van der Waals surface area (Å²) in [4.78, 5) is 11.5. The van der Waals surface area contributed by atoms with Crippen molar-refractivity contribution in [1.29, 1.82) is 0 Å². The van der Waals surface area contributed by atoms with Crippen LogP contribution in [0.4, 0.5) is 0 Å². The Balaban J connectivity index is 3.09. The van der Waals surface area contributed by atoms with Crippen molar-refractivity contribution in [2.24, 2.45) is 0 Å². The molecule has 0 aliphatic carbocycles. The SMILES string of the molecule is CCCCCCCCCCCCOCCOCCOCCOCCOCCOCCOCC(=O)OC(C)(C)C. The highest BCUT2D eigenvalue weighted by molar-refractivity contribution is 5.71. The molecule has 9 heteroatoms. The van der Waals surface area contributed by atoms with E-state index in [2.05, 4.69) is 6.92 Å². The molecule has 0 spiro atoms. The predicted octanol–water partition coefficient (Wildman–Crippen LogP) is 5.37. The monoisotopic (exact) mass is 564 g/mol. The summed E-state index contributed by atoms with van der Waals surface area (Å²) in [6.45, 7) is 14.6. The molecule has 9 nitrogen and oxygen atoms in total. The summed E-state index contributed by atoms with van der Waals surface area (Å²) in [5, 5.41) is 0. The largest absolute Gasteiger partial charge is 0.458 e. The van der Waals surface area contributed by atoms with Gasteiger partial charge in [-0.1, -0.05) is 64.7 Å². The zero-order valence-electron chi connectivity index (χ0n) is 25.6. The van der Waals surface area contributed by atoms with Crippen LogP contribution in [0.25, 0.3) is 0 Å². The van der Waals surface area contributed by atoms with Gasteiger partial charge in [0.05, 0.1) is 79.3 Å². The smallest absolute Gasteiger partial charge is 0.332 e. The van der Waals surface area contributed by atoms with Gasteiger partial charge >= 0.3 is 5.97 Å². The highest BCUT2D eigenvalue weighted by atomic mass is 16.6. The molecule has 39 heavy (non-hydrogen) atoms. The fraction of sp³-hybridized carbons (Fsp3) is 0.967. The van der Waals surface area contributed by atoms with Crippen LogP contribution in [0.2, 0.25) is 0 Å². The van der Waals surface area contributed by atoms with Crippen LogP contribution in [-0.4, -0.2) is 104 Å². The average molecular weight is 565 g/mol. The standard InChI is InChI=1S/C30H60O9/c1-5-6-7-8-9-10-11-12-13-14-15-32-16-17-33-18-19-34-20-21-35-22-23-36-24-25-37-26-27-38-28-29(31)39-30(2,3)4/h5-28H2,1-4H3. The molecule has 0 fully saturated rings. The minimum absolute atomic E-state index is 0.0698. The third-order valence-electron chi connectivity index (χ3n) is 5.51. The van der Waals surface area contributed by atoms with Gasteiger partial charge < -0.3 is 37.9 Å². The molecule has 0 unspecified atom stereocenters. The molecule has 0 radical (unpaired) electrons. The first-order chi connectivity index (χ1) is 19.0. The van der Waals surface area contributed by atoms with Gasteiger partial charge in [-0.2, -0.15) is 0 Å². The van der Waals surface area contributed by atoms with Crippen LogP contribution in [0.5, 0.6) is 0 Å². The number of esters is 1. The van der Waals surface area contributed by atoms with Crippen LogP contribution >= 0.6 is 0 Å². The Morgan fingerprint density at radius 2 is 0.744 bits per heavy atom. The van der Waals surface area contributed by atoms with Crippen molar-refractivity contribution in [3.8, 4) is 0 Å². The van der Waals surface area contributed by atoms with Crippen LogP contribution in [-0.2, 0) is 42.7 Å². The minimum Gasteiger partial charge on any atom is -0.458 e. The summed E-state index contributed by atoms with van der Waals surface area (Å²) >= 11 is 0. The molecule has 0 saturated carbocycles. The van der Waals surface area contributed by atoms with Gasteiger partial charge in [0, 0.05) is 6.61 Å². The predicted molar refractivity (Wildman–Crippen MR) is 153 cm³/mol. The topological polar surface area (TPSA) is 90.9 Å². The molecule has 0 amide bonds. The van der Waals surface area contributed by atoms with Gasteiger partial charge in [0.1, 0.15) is 12.2 Å². The van der Waals surface area contributed by atoms with Crippen LogP contribution in [0.1, 0.15) is 91.9 Å². The molecule has 234 valence electrons. The first-order valence-electron chi connectivity index (χ1n) is 15.2. The van der Waals surface area contributed by atoms with Crippen LogP contribution < -0.4 is 0 Å². The van der Waals surface area contributed by atoms with E-state index in [1.807, 2.05) is 20.8 Å². The molecule has 0 atom stereocenters. The molecule has 0 aromatic heterocycles. The second-order valence-electron chi connectivity index (χ2n) is 10.5. The van der Waals surface area contributed by atoms with Crippen molar-refractivity contribution in [2.75, 3.05) is 92.5 Å². The van der Waals surface area contributed by atoms with E-state index in [9.17, 15) is 4.79 Å². The van der Waals surface area contributed by atoms with Crippen molar-refractivity contribution in [1.82, 2.24) is 0 Å². The number of carbonyl (C=O) groups excluding carboxylic acids is 1. The van der Waals surface area contributed by atoms with Crippen LogP contribution in [0, 0.1) is 0 Å². The highest BCUT2D eigenvalue weighted by Crippen LogP contribution is 2.10. The van der Waals surface area contributed by atoms with E-state index in [1.165, 1.54) is 57.8 Å². The summed E-state index contributed by atoms with van der Waals surface area (Å²) < 4.78 is 43.3. The van der Waals surface area contributed by atoms with Gasteiger partial charge in [-0.15, -0.1) is 0 Å². The lowest BCUT2D eigenvalue weighted by Crippen LogP contribution is -2.27. The van der Waals surface area contributed by atoms with E-state index in [4.69, 9.17) is 37.9 Å². The zero-order valence-corrected chi connectivity index (χ0v) is 25.6. The molecule has 0 aromatic rings. The van der Waals surface area contributed by atoms with Gasteiger partial charge in [0.25, 0.3) is 0 Å². The van der Waals surface area contributed by atoms with Crippen molar-refractivity contribution in [2.45, 2.75) is 97.5 Å². The molecule has 0 N–H and O–H groups in total. The number of hydrogen-bond acceptors (Lipinski definition) is 9. The Bertz CT molecular complexity index is 497. The number of rotatable bonds is 31. The molecule has 0 heterocycles. The highest BCUT2D eigenvalue weighted by Gasteiger charge is 2.15. The van der Waals surface area contributed by atoms with E-state index in [-0.39, 0.29) is 12.6 Å². The van der Waals surface area contributed by atoms with E-state index < -0.39 is 5.60 Å². The summed E-state index contributed by atoms with van der Waals surface area (Å²) in [6, 6.07) is 0. The first-order valence-corrected chi connectivity index (χ1v) is 15.2. The fourth-order valence-electron chi connectivity index (χ4n) is 3.54. The summed E-state index contributed by atoms with van der Waals surface area (Å²) in [5.41, 5.74) is -0.499. The van der Waals surface area contributed by atoms with Gasteiger partial charge in [-0.05, 0) is 27.2 Å². The normalized spacial score (nSPS) is 11.8. The Morgan fingerprint density at radius 1 is 0.436 bits per heavy atom. The average Bonchev–Trinajstić information content (AvgIpc) is 2.88. The maximum Gasteiger partial charge on any atom is 0.332 e. The maximum absolute atomic E-state index is 11.5. The summed E-state index contributed by atoms with van der Waals surface area (Å²) in [6.07, 6.45) is 13.4. The number of carbonyl (C=O) groups is 1. The summed E-state index contributed by atoms with van der Waals surface area (Å²) in [7, 11) is 0. The summed E-state index contributed by atoms with van der Waals surface area (Å²) in [5.74, 6) is -0.375. The van der Waals surface area contributed by atoms with Crippen molar-refractivity contribution < 1.29 is 42.7 Å². The Hall–Kier alpha value is -0.810. The third kappa shape index (κ3) is 35.2. The Morgan fingerprint density at radius 3 is 1.10 bits per heavy atom. The first kappa shape index (κ1) is 38.2. The zero-order chi connectivity index (χ0) is 28.7. The quantitative estimate of drug-likeness (QED) is 0.0814. The Kier molecular flexibility index (Phi) is 29.5. The lowest BCUT2D eigenvalue weighted by Gasteiger charge is -2.19. The molecular formula is C30H60O9. The van der Waals surface area contributed by atoms with Gasteiger partial charge in [0.15, 0.2) is 0 Å². The molecule has 0 aliphatic rings. The van der Waals surface area contributed by atoms with E-state index >= 15 is 0 Å². The van der Waals surface area contributed by atoms with Gasteiger partial charge in [-0.3, -0.25) is 0 Å². The van der Waals surface area contributed by atoms with Crippen molar-refractivity contribution >= 4 is 5.97 Å².